The summed E-state index contributed by atoms with van der Waals surface area (Å²) in [5.41, 5.74) is 2.39. The summed E-state index contributed by atoms with van der Waals surface area (Å²) < 4.78 is 15.9. The van der Waals surface area contributed by atoms with Crippen LogP contribution in [0.25, 0.3) is 0 Å². The van der Waals surface area contributed by atoms with E-state index in [0.29, 0.717) is 39.3 Å². The third-order valence-corrected chi connectivity index (χ3v) is 4.85. The fraction of sp³-hybridized carbons (Fsp3) is 0.333. The number of carbonyl (C=O) groups is 2. The average Bonchev–Trinajstić information content (AvgIpc) is 2.73. The maximum atomic E-state index is 11.7. The zero-order valence-corrected chi connectivity index (χ0v) is 16.0. The summed E-state index contributed by atoms with van der Waals surface area (Å²) in [6, 6.07) is 8.39. The van der Waals surface area contributed by atoms with E-state index >= 15 is 0 Å². The molecule has 0 aliphatic heterocycles. The topological polar surface area (TPSA) is 123 Å². The first kappa shape index (κ1) is 20.6. The van der Waals surface area contributed by atoms with Gasteiger partial charge >= 0.3 is 11.9 Å². The number of ether oxygens (including phenoxy) is 3. The molecule has 29 heavy (non-hydrogen) atoms. The fourth-order valence-corrected chi connectivity index (χ4v) is 3.51. The summed E-state index contributed by atoms with van der Waals surface area (Å²) in [5, 5.41) is 30.5. The molecule has 154 valence electrons. The van der Waals surface area contributed by atoms with Crippen LogP contribution in [-0.4, -0.2) is 41.5 Å². The average molecular weight is 402 g/mol. The molecule has 0 bridgehead atoms. The number of hydrogen-bond donors (Lipinski definition) is 3. The molecule has 1 aliphatic carbocycles. The predicted octanol–water partition coefficient (Wildman–Crippen LogP) is 2.09. The third-order valence-electron chi connectivity index (χ3n) is 4.85. The second-order valence-corrected chi connectivity index (χ2v) is 6.62. The van der Waals surface area contributed by atoms with E-state index < -0.39 is 24.1 Å². The van der Waals surface area contributed by atoms with E-state index in [1.807, 2.05) is 0 Å². The molecule has 0 aromatic heterocycles. The summed E-state index contributed by atoms with van der Waals surface area (Å²) in [6.45, 7) is -0.115. The van der Waals surface area contributed by atoms with Gasteiger partial charge in [-0.3, -0.25) is 9.59 Å². The Kier molecular flexibility index (Phi) is 6.05. The van der Waals surface area contributed by atoms with Crippen LogP contribution in [0.2, 0.25) is 0 Å². The number of aliphatic hydroxyl groups excluding tert-OH is 2. The molecule has 8 nitrogen and oxygen atoms in total. The van der Waals surface area contributed by atoms with Crippen LogP contribution < -0.4 is 9.47 Å². The number of hydrogen-bond acceptors (Lipinski definition) is 7. The number of methoxy groups -OCH3 is 2. The SMILES string of the molecule is COc1cccc2c1C(O)c1c(OC)cc(COC(=O)CCC(=O)O)cc1C2O. The van der Waals surface area contributed by atoms with Gasteiger partial charge in [0.15, 0.2) is 0 Å². The van der Waals surface area contributed by atoms with Gasteiger partial charge < -0.3 is 29.5 Å². The number of carboxylic acids is 1. The molecular formula is C21H22O8. The Bertz CT molecular complexity index is 937. The van der Waals surface area contributed by atoms with E-state index in [-0.39, 0.29) is 19.4 Å². The Labute approximate surface area is 167 Å². The van der Waals surface area contributed by atoms with E-state index in [0.717, 1.165) is 0 Å². The predicted molar refractivity (Wildman–Crippen MR) is 101 cm³/mol. The molecule has 1 aliphatic rings. The number of carbonyl (C=O) groups excluding carboxylic acids is 1. The Morgan fingerprint density at radius 2 is 1.62 bits per heavy atom. The lowest BCUT2D eigenvalue weighted by Gasteiger charge is -2.31. The Morgan fingerprint density at radius 3 is 2.28 bits per heavy atom. The lowest BCUT2D eigenvalue weighted by molar-refractivity contribution is -0.148. The molecule has 0 saturated carbocycles. The summed E-state index contributed by atoms with van der Waals surface area (Å²) in [5.74, 6) is -0.927. The van der Waals surface area contributed by atoms with Crippen LogP contribution in [0.3, 0.4) is 0 Å². The minimum Gasteiger partial charge on any atom is -0.496 e. The van der Waals surface area contributed by atoms with Gasteiger partial charge in [0.25, 0.3) is 0 Å². The van der Waals surface area contributed by atoms with Crippen molar-refractivity contribution in [2.45, 2.75) is 31.7 Å². The molecule has 0 saturated heterocycles. The maximum Gasteiger partial charge on any atom is 0.306 e. The summed E-state index contributed by atoms with van der Waals surface area (Å²) in [6.07, 6.45) is -2.64. The van der Waals surface area contributed by atoms with Gasteiger partial charge in [0.1, 0.15) is 30.3 Å². The fourth-order valence-electron chi connectivity index (χ4n) is 3.51. The highest BCUT2D eigenvalue weighted by Crippen LogP contribution is 2.48. The number of rotatable bonds is 7. The minimum absolute atomic E-state index is 0.115. The summed E-state index contributed by atoms with van der Waals surface area (Å²) >= 11 is 0. The van der Waals surface area contributed by atoms with Crippen LogP contribution in [0.1, 0.15) is 52.9 Å². The molecule has 0 radical (unpaired) electrons. The molecule has 0 spiro atoms. The van der Waals surface area contributed by atoms with Crippen molar-refractivity contribution < 1.29 is 39.1 Å². The molecule has 2 unspecified atom stereocenters. The summed E-state index contributed by atoms with van der Waals surface area (Å²) in [4.78, 5) is 22.2. The number of aliphatic hydroxyl groups is 2. The van der Waals surface area contributed by atoms with Gasteiger partial charge in [0.2, 0.25) is 0 Å². The Hall–Kier alpha value is -3.10. The molecule has 2 atom stereocenters. The zero-order chi connectivity index (χ0) is 21.1. The van der Waals surface area contributed by atoms with Gasteiger partial charge in [0.05, 0.1) is 27.1 Å². The standard InChI is InChI=1S/C21H22O8/c1-27-14-5-3-4-12-18(14)21(26)19-13(20(12)25)8-11(9-15(19)28-2)10-29-17(24)7-6-16(22)23/h3-5,8-9,20-21,25-26H,6-7,10H2,1-2H3,(H,22,23). The lowest BCUT2D eigenvalue weighted by atomic mass is 9.80. The van der Waals surface area contributed by atoms with Gasteiger partial charge in [-0.05, 0) is 34.9 Å². The van der Waals surface area contributed by atoms with E-state index in [1.54, 1.807) is 30.3 Å². The smallest absolute Gasteiger partial charge is 0.306 e. The van der Waals surface area contributed by atoms with Crippen LogP contribution in [0.15, 0.2) is 30.3 Å². The summed E-state index contributed by atoms with van der Waals surface area (Å²) in [7, 11) is 2.93. The monoisotopic (exact) mass is 402 g/mol. The van der Waals surface area contributed by atoms with Crippen molar-refractivity contribution in [3.63, 3.8) is 0 Å². The maximum absolute atomic E-state index is 11.7. The van der Waals surface area contributed by atoms with Crippen molar-refractivity contribution in [1.29, 1.82) is 0 Å². The molecule has 8 heteroatoms. The molecule has 2 aromatic rings. The van der Waals surface area contributed by atoms with Crippen molar-refractivity contribution in [2.24, 2.45) is 0 Å². The van der Waals surface area contributed by atoms with Gasteiger partial charge in [-0.25, -0.2) is 0 Å². The van der Waals surface area contributed by atoms with Gasteiger partial charge in [-0.2, -0.15) is 0 Å². The van der Waals surface area contributed by atoms with Gasteiger partial charge in [-0.15, -0.1) is 0 Å². The minimum atomic E-state index is -1.08. The second-order valence-electron chi connectivity index (χ2n) is 6.62. The number of carboxylic acid groups (broad SMARTS) is 1. The van der Waals surface area contributed by atoms with E-state index in [2.05, 4.69) is 0 Å². The first-order chi connectivity index (χ1) is 13.9. The highest BCUT2D eigenvalue weighted by atomic mass is 16.5. The van der Waals surface area contributed by atoms with Crippen molar-refractivity contribution in [3.05, 3.63) is 58.1 Å². The molecule has 3 N–H and O–H groups in total. The first-order valence-corrected chi connectivity index (χ1v) is 8.98. The van der Waals surface area contributed by atoms with Crippen molar-refractivity contribution in [1.82, 2.24) is 0 Å². The number of aliphatic carboxylic acids is 1. The largest absolute Gasteiger partial charge is 0.496 e. The van der Waals surface area contributed by atoms with Crippen molar-refractivity contribution in [2.75, 3.05) is 14.2 Å². The highest BCUT2D eigenvalue weighted by molar-refractivity contribution is 5.76. The molecule has 2 aromatic carbocycles. The Morgan fingerprint density at radius 1 is 0.931 bits per heavy atom. The number of esters is 1. The first-order valence-electron chi connectivity index (χ1n) is 8.98. The van der Waals surface area contributed by atoms with Crippen LogP contribution in [-0.2, 0) is 20.9 Å². The number of benzene rings is 2. The Balaban J connectivity index is 1.93. The zero-order valence-electron chi connectivity index (χ0n) is 16.0. The van der Waals surface area contributed by atoms with Crippen molar-refractivity contribution >= 4 is 11.9 Å². The van der Waals surface area contributed by atoms with Crippen LogP contribution in [0.4, 0.5) is 0 Å². The van der Waals surface area contributed by atoms with Crippen molar-refractivity contribution in [3.8, 4) is 11.5 Å². The highest BCUT2D eigenvalue weighted by Gasteiger charge is 2.35. The van der Waals surface area contributed by atoms with Crippen LogP contribution >= 0.6 is 0 Å². The molecule has 3 rings (SSSR count). The van der Waals surface area contributed by atoms with E-state index in [9.17, 15) is 19.8 Å². The normalized spacial score (nSPS) is 17.1. The van der Waals surface area contributed by atoms with Gasteiger partial charge in [-0.1, -0.05) is 12.1 Å². The molecular weight excluding hydrogens is 380 g/mol. The lowest BCUT2D eigenvalue weighted by Crippen LogP contribution is -2.20. The van der Waals surface area contributed by atoms with E-state index in [1.165, 1.54) is 14.2 Å². The molecule has 0 fully saturated rings. The van der Waals surface area contributed by atoms with Gasteiger partial charge in [0, 0.05) is 11.1 Å². The second kappa shape index (κ2) is 8.50. The van der Waals surface area contributed by atoms with Crippen LogP contribution in [0.5, 0.6) is 11.5 Å². The quantitative estimate of drug-likeness (QED) is 0.602. The third kappa shape index (κ3) is 4.03. The molecule has 0 amide bonds. The van der Waals surface area contributed by atoms with Crippen LogP contribution in [0, 0.1) is 0 Å². The molecule has 0 heterocycles. The van der Waals surface area contributed by atoms with E-state index in [4.69, 9.17) is 19.3 Å². The number of fused-ring (bicyclic) bond motifs is 2.